The van der Waals surface area contributed by atoms with Crippen LogP contribution >= 0.6 is 0 Å². The Hall–Kier alpha value is -4.94. The Bertz CT molecular complexity index is 1690. The summed E-state index contributed by atoms with van der Waals surface area (Å²) in [4.78, 5) is 30.4. The normalized spacial score (nSPS) is 11.8. The Kier molecular flexibility index (Phi) is 6.88. The molecule has 2 amide bonds. The van der Waals surface area contributed by atoms with E-state index in [0.29, 0.717) is 15.8 Å². The van der Waals surface area contributed by atoms with Crippen molar-refractivity contribution in [2.45, 2.75) is 32.5 Å². The second kappa shape index (κ2) is 10.3. The number of benzene rings is 1. The second-order valence-corrected chi connectivity index (χ2v) is 9.38. The molecular weight excluding hydrogens is 527 g/mol. The Morgan fingerprint density at radius 2 is 1.85 bits per heavy atom. The summed E-state index contributed by atoms with van der Waals surface area (Å²) in [6.45, 7) is 4.11. The molecule has 0 radical (unpaired) electrons. The number of nitrogens with zero attached hydrogens (tertiary/aromatic N) is 5. The van der Waals surface area contributed by atoms with Gasteiger partial charge in [0.25, 0.3) is 11.8 Å². The number of hydrogen-bond acceptors (Lipinski definition) is 6. The van der Waals surface area contributed by atoms with E-state index in [2.05, 4.69) is 25.8 Å². The van der Waals surface area contributed by atoms with Crippen LogP contribution in [0.25, 0.3) is 16.9 Å². The van der Waals surface area contributed by atoms with Crippen LogP contribution in [0.5, 0.6) is 0 Å². The average molecular weight is 552 g/mol. The predicted molar refractivity (Wildman–Crippen MR) is 139 cm³/mol. The number of furan rings is 1. The first-order valence-electron chi connectivity index (χ1n) is 12.2. The zero-order valence-corrected chi connectivity index (χ0v) is 21.7. The molecule has 40 heavy (non-hydrogen) atoms. The molecule has 1 aromatic carbocycles. The fourth-order valence-electron chi connectivity index (χ4n) is 4.11. The zero-order chi connectivity index (χ0) is 28.6. The van der Waals surface area contributed by atoms with Crippen molar-refractivity contribution in [1.29, 1.82) is 0 Å². The van der Waals surface area contributed by atoms with E-state index in [1.165, 1.54) is 17.1 Å². The van der Waals surface area contributed by atoms with E-state index in [4.69, 9.17) is 4.42 Å². The van der Waals surface area contributed by atoms with E-state index in [-0.39, 0.29) is 40.7 Å². The third-order valence-corrected chi connectivity index (χ3v) is 6.18. The molecular formula is C27H24F3N7O3. The number of amides is 2. The van der Waals surface area contributed by atoms with Crippen molar-refractivity contribution in [2.75, 3.05) is 5.32 Å². The van der Waals surface area contributed by atoms with E-state index >= 15 is 0 Å². The molecule has 13 heteroatoms. The van der Waals surface area contributed by atoms with Gasteiger partial charge in [0, 0.05) is 18.8 Å². The van der Waals surface area contributed by atoms with Crippen molar-refractivity contribution in [3.63, 3.8) is 0 Å². The Balaban J connectivity index is 1.48. The number of carbonyl (C=O) groups is 2. The van der Waals surface area contributed by atoms with Crippen LogP contribution in [0.3, 0.4) is 0 Å². The molecule has 0 saturated heterocycles. The molecule has 5 rings (SSSR count). The monoisotopic (exact) mass is 551 g/mol. The van der Waals surface area contributed by atoms with E-state index in [1.54, 1.807) is 31.3 Å². The van der Waals surface area contributed by atoms with Crippen molar-refractivity contribution in [3.05, 3.63) is 89.4 Å². The van der Waals surface area contributed by atoms with Crippen molar-refractivity contribution in [3.8, 4) is 11.3 Å². The Labute approximate surface area is 225 Å². The van der Waals surface area contributed by atoms with Crippen molar-refractivity contribution >= 4 is 23.1 Å². The minimum atomic E-state index is -4.77. The van der Waals surface area contributed by atoms with Crippen LogP contribution in [-0.4, -0.2) is 36.2 Å². The Morgan fingerprint density at radius 1 is 1.10 bits per heavy atom. The minimum absolute atomic E-state index is 0.0315. The molecule has 4 heterocycles. The summed E-state index contributed by atoms with van der Waals surface area (Å²) in [7, 11) is 1.56. The quantitative estimate of drug-likeness (QED) is 0.292. The van der Waals surface area contributed by atoms with Gasteiger partial charge in [0.1, 0.15) is 11.3 Å². The van der Waals surface area contributed by atoms with E-state index in [9.17, 15) is 22.8 Å². The van der Waals surface area contributed by atoms with Crippen LogP contribution in [-0.2, 0) is 19.8 Å². The van der Waals surface area contributed by atoms with Gasteiger partial charge in [-0.25, -0.2) is 9.50 Å². The summed E-state index contributed by atoms with van der Waals surface area (Å²) in [5, 5.41) is 13.1. The number of alkyl halides is 3. The Morgan fingerprint density at radius 3 is 2.50 bits per heavy atom. The smallest absolute Gasteiger partial charge is 0.433 e. The van der Waals surface area contributed by atoms with E-state index in [1.807, 2.05) is 26.0 Å². The maximum atomic E-state index is 14.0. The summed E-state index contributed by atoms with van der Waals surface area (Å²) < 4.78 is 49.1. The first-order chi connectivity index (χ1) is 19.0. The standard InChI is InChI=1S/C27H24F3N7O3/c1-15(2)16-6-8-17(9-7-16)20-11-22(27(28,29)30)37-24(33-20)19(13-32-37)25(38)34-21-14-36(3)35-23(21)26(39)31-12-18-5-4-10-40-18/h4-11,13-15H,12H2,1-3H3,(H,31,39)(H,34,38). The molecule has 0 aliphatic rings. The maximum absolute atomic E-state index is 14.0. The van der Waals surface area contributed by atoms with Gasteiger partial charge in [0.05, 0.1) is 30.4 Å². The maximum Gasteiger partial charge on any atom is 0.433 e. The molecule has 0 unspecified atom stereocenters. The molecule has 0 atom stereocenters. The number of carbonyl (C=O) groups excluding carboxylic acids is 2. The highest BCUT2D eigenvalue weighted by Crippen LogP contribution is 2.33. The fraction of sp³-hybridized carbons (Fsp3) is 0.222. The van der Waals surface area contributed by atoms with Gasteiger partial charge in [0.2, 0.25) is 0 Å². The molecule has 0 bridgehead atoms. The molecule has 10 nitrogen and oxygen atoms in total. The predicted octanol–water partition coefficient (Wildman–Crippen LogP) is 5.05. The SMILES string of the molecule is CC(C)c1ccc(-c2cc(C(F)(F)F)n3ncc(C(=O)Nc4cn(C)nc4C(=O)NCc4ccco4)c3n2)cc1. The molecule has 5 aromatic rings. The van der Waals surface area contributed by atoms with Gasteiger partial charge in [-0.15, -0.1) is 0 Å². The number of nitrogens with one attached hydrogen (secondary N) is 2. The number of halogens is 3. The van der Waals surface area contributed by atoms with Crippen molar-refractivity contribution < 1.29 is 27.2 Å². The van der Waals surface area contributed by atoms with Gasteiger partial charge in [-0.3, -0.25) is 14.3 Å². The highest BCUT2D eigenvalue weighted by molar-refractivity contribution is 6.11. The lowest BCUT2D eigenvalue weighted by atomic mass is 10.0. The summed E-state index contributed by atoms with van der Waals surface area (Å²) in [5.74, 6) is -0.639. The molecule has 0 aliphatic heterocycles. The van der Waals surface area contributed by atoms with E-state index in [0.717, 1.165) is 17.8 Å². The van der Waals surface area contributed by atoms with Gasteiger partial charge < -0.3 is 15.1 Å². The fourth-order valence-corrected chi connectivity index (χ4v) is 4.11. The van der Waals surface area contributed by atoms with Gasteiger partial charge in [-0.1, -0.05) is 38.1 Å². The van der Waals surface area contributed by atoms with Gasteiger partial charge in [-0.05, 0) is 29.7 Å². The number of rotatable bonds is 7. The molecule has 0 aliphatic carbocycles. The first kappa shape index (κ1) is 26.7. The summed E-state index contributed by atoms with van der Waals surface area (Å²) in [5.41, 5.74) is -0.115. The lowest BCUT2D eigenvalue weighted by molar-refractivity contribution is -0.142. The number of hydrogen-bond donors (Lipinski definition) is 2. The largest absolute Gasteiger partial charge is 0.467 e. The van der Waals surface area contributed by atoms with Crippen LogP contribution in [0.2, 0.25) is 0 Å². The van der Waals surface area contributed by atoms with Crippen molar-refractivity contribution in [2.24, 2.45) is 7.05 Å². The van der Waals surface area contributed by atoms with Crippen LogP contribution in [0.15, 0.2) is 65.5 Å². The van der Waals surface area contributed by atoms with Gasteiger partial charge >= 0.3 is 6.18 Å². The summed E-state index contributed by atoms with van der Waals surface area (Å²) >= 11 is 0. The summed E-state index contributed by atoms with van der Waals surface area (Å²) in [6, 6.07) is 11.3. The lowest BCUT2D eigenvalue weighted by Crippen LogP contribution is -2.25. The van der Waals surface area contributed by atoms with Crippen LogP contribution in [0, 0.1) is 0 Å². The third-order valence-electron chi connectivity index (χ3n) is 6.18. The second-order valence-electron chi connectivity index (χ2n) is 9.38. The number of aryl methyl sites for hydroxylation is 1. The number of aromatic nitrogens is 5. The molecule has 4 aromatic heterocycles. The molecule has 206 valence electrons. The number of anilines is 1. The van der Waals surface area contributed by atoms with Crippen LogP contribution in [0.1, 0.15) is 57.6 Å². The molecule has 0 fully saturated rings. The summed E-state index contributed by atoms with van der Waals surface area (Å²) in [6.07, 6.45) is -0.891. The van der Waals surface area contributed by atoms with Crippen molar-refractivity contribution in [1.82, 2.24) is 29.7 Å². The zero-order valence-electron chi connectivity index (χ0n) is 21.7. The number of fused-ring (bicyclic) bond motifs is 1. The highest BCUT2D eigenvalue weighted by atomic mass is 19.4. The minimum Gasteiger partial charge on any atom is -0.467 e. The van der Waals surface area contributed by atoms with Crippen LogP contribution < -0.4 is 10.6 Å². The average Bonchev–Trinajstić information content (AvgIpc) is 3.66. The molecule has 2 N–H and O–H groups in total. The first-order valence-corrected chi connectivity index (χ1v) is 12.2. The highest BCUT2D eigenvalue weighted by Gasteiger charge is 2.36. The molecule has 0 spiro atoms. The van der Waals surface area contributed by atoms with Gasteiger partial charge in [-0.2, -0.15) is 23.4 Å². The lowest BCUT2D eigenvalue weighted by Gasteiger charge is -2.12. The van der Waals surface area contributed by atoms with E-state index < -0.39 is 23.7 Å². The molecule has 0 saturated carbocycles. The third kappa shape index (κ3) is 5.30. The topological polar surface area (TPSA) is 119 Å². The van der Waals surface area contributed by atoms with Gasteiger partial charge in [0.15, 0.2) is 17.0 Å². The van der Waals surface area contributed by atoms with Crippen LogP contribution in [0.4, 0.5) is 18.9 Å².